The summed E-state index contributed by atoms with van der Waals surface area (Å²) < 4.78 is 21.7. The Labute approximate surface area is 211 Å². The Kier molecular flexibility index (Phi) is 8.99. The minimum Gasteiger partial charge on any atom is -0.497 e. The first-order valence-electron chi connectivity index (χ1n) is 11.7. The number of ether oxygens (including phenoxy) is 4. The van der Waals surface area contributed by atoms with Crippen LogP contribution < -0.4 is 24.3 Å². The van der Waals surface area contributed by atoms with Gasteiger partial charge in [0.15, 0.2) is 11.5 Å². The molecule has 0 aliphatic carbocycles. The highest BCUT2D eigenvalue weighted by molar-refractivity contribution is 6.05. The molecule has 1 atom stereocenters. The smallest absolute Gasteiger partial charge is 0.317 e. The standard InChI is InChI=1S/C26H34N4O6/c1-7-12-27-26(32)29(2)16-25(31)30-21(17-8-11-22(34-4)24(13-17)36-6)15-20(28-30)19-10-9-18(33-3)14-23(19)35-5/h8-11,13-14,21H,7,12,15-16H2,1-6H3,(H,27,32). The third-order valence-electron chi connectivity index (χ3n) is 5.92. The van der Waals surface area contributed by atoms with Gasteiger partial charge in [0.2, 0.25) is 0 Å². The highest BCUT2D eigenvalue weighted by Gasteiger charge is 2.35. The molecule has 1 heterocycles. The van der Waals surface area contributed by atoms with E-state index < -0.39 is 6.04 Å². The molecule has 0 saturated heterocycles. The van der Waals surface area contributed by atoms with Crippen LogP contribution in [0.25, 0.3) is 0 Å². The van der Waals surface area contributed by atoms with Gasteiger partial charge in [-0.25, -0.2) is 9.80 Å². The Morgan fingerprint density at radius 1 is 1.00 bits per heavy atom. The first-order chi connectivity index (χ1) is 17.4. The van der Waals surface area contributed by atoms with Gasteiger partial charge in [-0.1, -0.05) is 13.0 Å². The normalized spacial score (nSPS) is 14.7. The van der Waals surface area contributed by atoms with Gasteiger partial charge >= 0.3 is 6.03 Å². The molecule has 2 aromatic carbocycles. The lowest BCUT2D eigenvalue weighted by Gasteiger charge is -2.25. The summed E-state index contributed by atoms with van der Waals surface area (Å²) in [7, 11) is 7.88. The van der Waals surface area contributed by atoms with Crippen LogP contribution in [0, 0.1) is 0 Å². The number of likely N-dealkylation sites (N-methyl/N-ethyl adjacent to an activating group) is 1. The SMILES string of the molecule is CCCNC(=O)N(C)CC(=O)N1N=C(c2ccc(OC)cc2OC)CC1c1ccc(OC)c(OC)c1. The highest BCUT2D eigenvalue weighted by atomic mass is 16.5. The second-order valence-electron chi connectivity index (χ2n) is 8.27. The highest BCUT2D eigenvalue weighted by Crippen LogP contribution is 2.39. The topological polar surface area (TPSA) is 102 Å². The van der Waals surface area contributed by atoms with Gasteiger partial charge in [-0.3, -0.25) is 4.79 Å². The van der Waals surface area contributed by atoms with Crippen molar-refractivity contribution in [3.05, 3.63) is 47.5 Å². The molecule has 2 aromatic rings. The summed E-state index contributed by atoms with van der Waals surface area (Å²) in [6.07, 6.45) is 1.24. The molecule has 1 unspecified atom stereocenters. The van der Waals surface area contributed by atoms with Crippen molar-refractivity contribution in [3.8, 4) is 23.0 Å². The first-order valence-corrected chi connectivity index (χ1v) is 11.7. The summed E-state index contributed by atoms with van der Waals surface area (Å²) in [5.74, 6) is 2.06. The fourth-order valence-electron chi connectivity index (χ4n) is 3.97. The predicted molar refractivity (Wildman–Crippen MR) is 136 cm³/mol. The van der Waals surface area contributed by atoms with Crippen LogP contribution in [-0.2, 0) is 4.79 Å². The third-order valence-corrected chi connectivity index (χ3v) is 5.92. The Bertz CT molecular complexity index is 1120. The number of nitrogens with one attached hydrogen (secondary N) is 1. The molecule has 10 nitrogen and oxygen atoms in total. The van der Waals surface area contributed by atoms with E-state index in [-0.39, 0.29) is 18.5 Å². The summed E-state index contributed by atoms with van der Waals surface area (Å²) >= 11 is 0. The average Bonchev–Trinajstić information content (AvgIpc) is 3.36. The number of carbonyl (C=O) groups is 2. The molecule has 36 heavy (non-hydrogen) atoms. The summed E-state index contributed by atoms with van der Waals surface area (Å²) in [5.41, 5.74) is 2.26. The molecule has 1 N–H and O–H groups in total. The van der Waals surface area contributed by atoms with Gasteiger partial charge in [0.05, 0.1) is 40.2 Å². The van der Waals surface area contributed by atoms with E-state index in [9.17, 15) is 9.59 Å². The molecule has 1 aliphatic heterocycles. The molecule has 0 aromatic heterocycles. The van der Waals surface area contributed by atoms with Crippen molar-refractivity contribution in [2.75, 3.05) is 48.6 Å². The number of nitrogens with zero attached hydrogens (tertiary/aromatic N) is 3. The minimum atomic E-state index is -0.411. The molecule has 194 valence electrons. The Morgan fingerprint density at radius 3 is 2.36 bits per heavy atom. The lowest BCUT2D eigenvalue weighted by Crippen LogP contribution is -2.43. The largest absolute Gasteiger partial charge is 0.497 e. The van der Waals surface area contributed by atoms with Gasteiger partial charge < -0.3 is 29.2 Å². The van der Waals surface area contributed by atoms with E-state index in [2.05, 4.69) is 5.32 Å². The van der Waals surface area contributed by atoms with E-state index in [4.69, 9.17) is 24.0 Å². The molecule has 0 radical (unpaired) electrons. The monoisotopic (exact) mass is 498 g/mol. The zero-order chi connectivity index (χ0) is 26.2. The summed E-state index contributed by atoms with van der Waals surface area (Å²) in [6, 6.07) is 10.3. The zero-order valence-corrected chi connectivity index (χ0v) is 21.7. The van der Waals surface area contributed by atoms with Gasteiger partial charge in [0.1, 0.15) is 18.0 Å². The zero-order valence-electron chi connectivity index (χ0n) is 21.7. The van der Waals surface area contributed by atoms with Crippen molar-refractivity contribution < 1.29 is 28.5 Å². The van der Waals surface area contributed by atoms with Crippen LogP contribution in [0.1, 0.15) is 36.9 Å². The molecule has 0 saturated carbocycles. The summed E-state index contributed by atoms with van der Waals surface area (Å²) in [4.78, 5) is 27.1. The second-order valence-corrected chi connectivity index (χ2v) is 8.27. The van der Waals surface area contributed by atoms with Crippen molar-refractivity contribution >= 4 is 17.6 Å². The Balaban J connectivity index is 1.97. The molecule has 10 heteroatoms. The first kappa shape index (κ1) is 26.7. The number of benzene rings is 2. The van der Waals surface area contributed by atoms with Crippen LogP contribution in [0.15, 0.2) is 41.5 Å². The maximum Gasteiger partial charge on any atom is 0.317 e. The Morgan fingerprint density at radius 2 is 1.72 bits per heavy atom. The summed E-state index contributed by atoms with van der Waals surface area (Å²) in [6.45, 7) is 2.37. The number of amides is 3. The molecule has 0 fully saturated rings. The lowest BCUT2D eigenvalue weighted by molar-refractivity contribution is -0.133. The summed E-state index contributed by atoms with van der Waals surface area (Å²) in [5, 5.41) is 8.92. The molecular formula is C26H34N4O6. The van der Waals surface area contributed by atoms with Crippen molar-refractivity contribution in [2.45, 2.75) is 25.8 Å². The van der Waals surface area contributed by atoms with Gasteiger partial charge in [0, 0.05) is 31.6 Å². The van der Waals surface area contributed by atoms with Crippen LogP contribution in [0.3, 0.4) is 0 Å². The number of hydrogen-bond acceptors (Lipinski definition) is 7. The van der Waals surface area contributed by atoms with Gasteiger partial charge in [-0.05, 0) is 36.2 Å². The van der Waals surface area contributed by atoms with Crippen molar-refractivity contribution in [1.82, 2.24) is 15.2 Å². The fraction of sp³-hybridized carbons (Fsp3) is 0.423. The number of urea groups is 1. The number of hydrogen-bond donors (Lipinski definition) is 1. The molecule has 1 aliphatic rings. The van der Waals surface area contributed by atoms with Crippen molar-refractivity contribution in [2.24, 2.45) is 5.10 Å². The maximum atomic E-state index is 13.4. The van der Waals surface area contributed by atoms with E-state index in [1.165, 1.54) is 9.91 Å². The molecule has 3 rings (SSSR count). The van der Waals surface area contributed by atoms with Gasteiger partial charge in [0.25, 0.3) is 5.91 Å². The van der Waals surface area contributed by atoms with Crippen LogP contribution >= 0.6 is 0 Å². The lowest BCUT2D eigenvalue weighted by atomic mass is 9.97. The number of hydrazone groups is 1. The third kappa shape index (κ3) is 5.81. The predicted octanol–water partition coefficient (Wildman–Crippen LogP) is 3.45. The molecule has 0 spiro atoms. The van der Waals surface area contributed by atoms with Gasteiger partial charge in [-0.2, -0.15) is 5.10 Å². The maximum absolute atomic E-state index is 13.4. The molecular weight excluding hydrogens is 464 g/mol. The van der Waals surface area contributed by atoms with E-state index in [1.54, 1.807) is 47.6 Å². The van der Waals surface area contributed by atoms with Crippen LogP contribution in [0.2, 0.25) is 0 Å². The van der Waals surface area contributed by atoms with E-state index in [1.807, 2.05) is 31.2 Å². The van der Waals surface area contributed by atoms with E-state index >= 15 is 0 Å². The number of carbonyl (C=O) groups excluding carboxylic acids is 2. The fourth-order valence-corrected chi connectivity index (χ4v) is 3.97. The van der Waals surface area contributed by atoms with Crippen LogP contribution in [0.4, 0.5) is 4.79 Å². The van der Waals surface area contributed by atoms with Crippen molar-refractivity contribution in [3.63, 3.8) is 0 Å². The Hall–Kier alpha value is -3.95. The van der Waals surface area contributed by atoms with E-state index in [0.29, 0.717) is 41.7 Å². The number of rotatable bonds is 10. The van der Waals surface area contributed by atoms with Crippen molar-refractivity contribution in [1.29, 1.82) is 0 Å². The molecule has 3 amide bonds. The average molecular weight is 499 g/mol. The van der Waals surface area contributed by atoms with Crippen LogP contribution in [-0.4, -0.2) is 76.1 Å². The number of methoxy groups -OCH3 is 4. The van der Waals surface area contributed by atoms with Crippen LogP contribution in [0.5, 0.6) is 23.0 Å². The minimum absolute atomic E-state index is 0.129. The quantitative estimate of drug-likeness (QED) is 0.538. The van der Waals surface area contributed by atoms with E-state index in [0.717, 1.165) is 17.5 Å². The van der Waals surface area contributed by atoms with Gasteiger partial charge in [-0.15, -0.1) is 0 Å². The molecule has 0 bridgehead atoms. The second kappa shape index (κ2) is 12.1.